The molecule has 0 aliphatic carbocycles. The zero-order valence-electron chi connectivity index (χ0n) is 5.37. The van der Waals surface area contributed by atoms with Gasteiger partial charge in [-0.3, -0.25) is 4.79 Å². The molecular formula is C6H11NO2. The number of hydrogen-bond acceptors (Lipinski definition) is 2. The minimum atomic E-state index is -0.951. The van der Waals surface area contributed by atoms with Crippen LogP contribution in [0.3, 0.4) is 0 Å². The second-order valence-electron chi connectivity index (χ2n) is 1.75. The monoisotopic (exact) mass is 129 g/mol. The van der Waals surface area contributed by atoms with Crippen molar-refractivity contribution in [2.45, 2.75) is 19.4 Å². The van der Waals surface area contributed by atoms with E-state index in [1.165, 1.54) is 0 Å². The van der Waals surface area contributed by atoms with Gasteiger partial charge in [0, 0.05) is 0 Å². The molecule has 3 N–H and O–H groups in total. The standard InChI is InChI=1S/C6H11NO2/c1-2-3-4-5(7)6(8)9/h2-3,5H,4,7H2,1H3,(H,8,9)/t5-/m1/s1. The van der Waals surface area contributed by atoms with E-state index >= 15 is 0 Å². The molecule has 9 heavy (non-hydrogen) atoms. The Kier molecular flexibility index (Phi) is 3.71. The van der Waals surface area contributed by atoms with Crippen molar-refractivity contribution >= 4 is 5.97 Å². The van der Waals surface area contributed by atoms with Crippen LogP contribution in [0.4, 0.5) is 0 Å². The fraction of sp³-hybridized carbons (Fsp3) is 0.500. The highest BCUT2D eigenvalue weighted by atomic mass is 16.4. The van der Waals surface area contributed by atoms with Crippen LogP contribution in [0.1, 0.15) is 13.3 Å². The Morgan fingerprint density at radius 2 is 2.44 bits per heavy atom. The Morgan fingerprint density at radius 1 is 1.89 bits per heavy atom. The number of carboxylic acids is 1. The molecule has 0 saturated carbocycles. The lowest BCUT2D eigenvalue weighted by Gasteiger charge is -1.98. The Labute approximate surface area is 54.2 Å². The molecule has 0 saturated heterocycles. The molecule has 0 aliphatic rings. The van der Waals surface area contributed by atoms with E-state index in [4.69, 9.17) is 10.8 Å². The first-order valence-corrected chi connectivity index (χ1v) is 2.78. The van der Waals surface area contributed by atoms with E-state index in [0.29, 0.717) is 6.42 Å². The molecule has 0 aliphatic heterocycles. The molecule has 0 spiro atoms. The summed E-state index contributed by atoms with van der Waals surface area (Å²) >= 11 is 0. The van der Waals surface area contributed by atoms with Crippen LogP contribution < -0.4 is 5.73 Å². The van der Waals surface area contributed by atoms with E-state index in [-0.39, 0.29) is 0 Å². The molecule has 0 aromatic rings. The first-order chi connectivity index (χ1) is 4.18. The smallest absolute Gasteiger partial charge is 0.320 e. The number of carbonyl (C=O) groups is 1. The summed E-state index contributed by atoms with van der Waals surface area (Å²) < 4.78 is 0. The molecule has 3 heteroatoms. The minimum Gasteiger partial charge on any atom is -0.480 e. The molecule has 0 heterocycles. The van der Waals surface area contributed by atoms with E-state index in [0.717, 1.165) is 0 Å². The lowest BCUT2D eigenvalue weighted by molar-refractivity contribution is -0.138. The van der Waals surface area contributed by atoms with Crippen molar-refractivity contribution < 1.29 is 9.90 Å². The van der Waals surface area contributed by atoms with Gasteiger partial charge in [-0.15, -0.1) is 0 Å². The van der Waals surface area contributed by atoms with Gasteiger partial charge in [0.15, 0.2) is 0 Å². The molecule has 0 fully saturated rings. The highest BCUT2D eigenvalue weighted by molar-refractivity contribution is 5.73. The van der Waals surface area contributed by atoms with Crippen LogP contribution in [0.15, 0.2) is 12.2 Å². The zero-order chi connectivity index (χ0) is 7.28. The van der Waals surface area contributed by atoms with Crippen LogP contribution >= 0.6 is 0 Å². The average molecular weight is 129 g/mol. The lowest BCUT2D eigenvalue weighted by atomic mass is 10.2. The van der Waals surface area contributed by atoms with E-state index in [1.807, 2.05) is 6.92 Å². The Bertz CT molecular complexity index is 120. The highest BCUT2D eigenvalue weighted by Crippen LogP contribution is 1.88. The van der Waals surface area contributed by atoms with Crippen molar-refractivity contribution in [2.24, 2.45) is 5.73 Å². The Hall–Kier alpha value is -0.830. The number of rotatable bonds is 3. The van der Waals surface area contributed by atoms with E-state index in [9.17, 15) is 4.79 Å². The summed E-state index contributed by atoms with van der Waals surface area (Å²) in [6.45, 7) is 1.83. The third-order valence-corrected chi connectivity index (χ3v) is 0.943. The van der Waals surface area contributed by atoms with Crippen LogP contribution in [0.5, 0.6) is 0 Å². The first-order valence-electron chi connectivity index (χ1n) is 2.78. The van der Waals surface area contributed by atoms with Gasteiger partial charge in [0.25, 0.3) is 0 Å². The van der Waals surface area contributed by atoms with Gasteiger partial charge in [0.2, 0.25) is 0 Å². The van der Waals surface area contributed by atoms with Crippen LogP contribution in [0, 0.1) is 0 Å². The number of allylic oxidation sites excluding steroid dienone is 1. The summed E-state index contributed by atoms with van der Waals surface area (Å²) in [6, 6.07) is -0.749. The largest absolute Gasteiger partial charge is 0.480 e. The predicted molar refractivity (Wildman–Crippen MR) is 35.0 cm³/mol. The van der Waals surface area contributed by atoms with Gasteiger partial charge in [-0.1, -0.05) is 12.2 Å². The Morgan fingerprint density at radius 3 is 2.78 bits per heavy atom. The SMILES string of the molecule is CC=CC[C@@H](N)C(=O)O. The molecule has 0 amide bonds. The van der Waals surface area contributed by atoms with Gasteiger partial charge >= 0.3 is 5.97 Å². The summed E-state index contributed by atoms with van der Waals surface area (Å²) in [5, 5.41) is 8.25. The first kappa shape index (κ1) is 8.17. The van der Waals surface area contributed by atoms with Crippen molar-refractivity contribution in [1.29, 1.82) is 0 Å². The van der Waals surface area contributed by atoms with Crippen molar-refractivity contribution in [3.05, 3.63) is 12.2 Å². The second kappa shape index (κ2) is 4.09. The third-order valence-electron chi connectivity index (χ3n) is 0.943. The molecule has 0 aromatic heterocycles. The van der Waals surface area contributed by atoms with Crippen LogP contribution in [-0.4, -0.2) is 17.1 Å². The molecule has 0 rings (SSSR count). The fourth-order valence-electron chi connectivity index (χ4n) is 0.384. The van der Waals surface area contributed by atoms with Crippen LogP contribution in [0.2, 0.25) is 0 Å². The van der Waals surface area contributed by atoms with Crippen molar-refractivity contribution in [1.82, 2.24) is 0 Å². The molecular weight excluding hydrogens is 118 g/mol. The number of aliphatic carboxylic acids is 1. The highest BCUT2D eigenvalue weighted by Gasteiger charge is 2.07. The van der Waals surface area contributed by atoms with E-state index in [2.05, 4.69) is 0 Å². The van der Waals surface area contributed by atoms with Gasteiger partial charge in [0.05, 0.1) is 0 Å². The number of carboxylic acid groups (broad SMARTS) is 1. The average Bonchev–Trinajstić information content (AvgIpc) is 1.82. The quantitative estimate of drug-likeness (QED) is 0.541. The molecule has 0 aromatic carbocycles. The normalized spacial score (nSPS) is 14.0. The summed E-state index contributed by atoms with van der Waals surface area (Å²) in [5.74, 6) is -0.951. The summed E-state index contributed by atoms with van der Waals surface area (Å²) in [4.78, 5) is 10.0. The summed E-state index contributed by atoms with van der Waals surface area (Å²) in [7, 11) is 0. The van der Waals surface area contributed by atoms with E-state index < -0.39 is 12.0 Å². The third kappa shape index (κ3) is 3.73. The maximum Gasteiger partial charge on any atom is 0.320 e. The predicted octanol–water partition coefficient (Wildman–Crippen LogP) is 0.365. The van der Waals surface area contributed by atoms with Gasteiger partial charge in [-0.05, 0) is 13.3 Å². The molecule has 0 radical (unpaired) electrons. The zero-order valence-corrected chi connectivity index (χ0v) is 5.37. The molecule has 0 bridgehead atoms. The van der Waals surface area contributed by atoms with Gasteiger partial charge < -0.3 is 10.8 Å². The van der Waals surface area contributed by atoms with Crippen molar-refractivity contribution in [3.63, 3.8) is 0 Å². The lowest BCUT2D eigenvalue weighted by Crippen LogP contribution is -2.29. The van der Waals surface area contributed by atoms with Crippen molar-refractivity contribution in [2.75, 3.05) is 0 Å². The maximum atomic E-state index is 10.0. The van der Waals surface area contributed by atoms with Gasteiger partial charge in [-0.2, -0.15) is 0 Å². The maximum absolute atomic E-state index is 10.0. The fourth-order valence-corrected chi connectivity index (χ4v) is 0.384. The second-order valence-corrected chi connectivity index (χ2v) is 1.75. The minimum absolute atomic E-state index is 0.409. The molecule has 52 valence electrons. The summed E-state index contributed by atoms with van der Waals surface area (Å²) in [6.07, 6.45) is 3.92. The molecule has 0 unspecified atom stereocenters. The number of nitrogens with two attached hydrogens (primary N) is 1. The van der Waals surface area contributed by atoms with E-state index in [1.54, 1.807) is 12.2 Å². The summed E-state index contributed by atoms with van der Waals surface area (Å²) in [5.41, 5.74) is 5.15. The Balaban J connectivity index is 3.50. The van der Waals surface area contributed by atoms with Crippen LogP contribution in [-0.2, 0) is 4.79 Å². The van der Waals surface area contributed by atoms with Crippen LogP contribution in [0.25, 0.3) is 0 Å². The van der Waals surface area contributed by atoms with Crippen molar-refractivity contribution in [3.8, 4) is 0 Å². The number of hydrogen-bond donors (Lipinski definition) is 2. The van der Waals surface area contributed by atoms with Gasteiger partial charge in [-0.25, -0.2) is 0 Å². The topological polar surface area (TPSA) is 63.3 Å². The van der Waals surface area contributed by atoms with Gasteiger partial charge in [0.1, 0.15) is 6.04 Å². The molecule has 1 atom stereocenters. The molecule has 3 nitrogen and oxygen atoms in total.